The number of fused-ring (bicyclic) bond motifs is 1. The smallest absolute Gasteiger partial charge is 0.413 e. The van der Waals surface area contributed by atoms with Gasteiger partial charge in [-0.25, -0.2) is 13.6 Å². The van der Waals surface area contributed by atoms with Crippen molar-refractivity contribution in [2.45, 2.75) is 38.2 Å². The highest BCUT2D eigenvalue weighted by molar-refractivity contribution is 7.29. The van der Waals surface area contributed by atoms with Crippen LogP contribution >= 0.6 is 22.7 Å². The molecule has 0 radical (unpaired) electrons. The van der Waals surface area contributed by atoms with Crippen LogP contribution in [0.5, 0.6) is 0 Å². The fourth-order valence-corrected chi connectivity index (χ4v) is 7.18. The molecule has 1 aliphatic rings. The number of aryl methyl sites for hydroxylation is 1. The van der Waals surface area contributed by atoms with Crippen molar-refractivity contribution in [2.75, 3.05) is 5.32 Å². The minimum atomic E-state index is -0.832. The van der Waals surface area contributed by atoms with Crippen LogP contribution in [0.2, 0.25) is 0 Å². The number of thiophene rings is 2. The summed E-state index contributed by atoms with van der Waals surface area (Å²) >= 11 is 2.65. The van der Waals surface area contributed by atoms with Gasteiger partial charge in [-0.05, 0) is 50.5 Å². The van der Waals surface area contributed by atoms with Crippen LogP contribution in [0.4, 0.5) is 19.4 Å². The summed E-state index contributed by atoms with van der Waals surface area (Å²) in [6.07, 6.45) is -0.136. The molecule has 6 rings (SSSR count). The molecule has 1 unspecified atom stereocenters. The van der Waals surface area contributed by atoms with Crippen molar-refractivity contribution in [1.82, 2.24) is 15.0 Å². The predicted octanol–water partition coefficient (Wildman–Crippen LogP) is 7.22. The van der Waals surface area contributed by atoms with E-state index in [2.05, 4.69) is 15.6 Å². The number of carboxylic acid groups (broad SMARTS) is 1. The zero-order valence-corrected chi connectivity index (χ0v) is 22.9. The maximum absolute atomic E-state index is 15.4. The Morgan fingerprint density at radius 3 is 2.48 bits per heavy atom. The number of ether oxygens (including phenoxy) is 1. The number of amides is 1. The Morgan fingerprint density at radius 2 is 1.80 bits per heavy atom. The summed E-state index contributed by atoms with van der Waals surface area (Å²) in [6, 6.07) is 14.8. The van der Waals surface area contributed by atoms with Gasteiger partial charge in [-0.15, -0.1) is 27.8 Å². The molecular formula is C28H22F2N4O4S2. The molecule has 2 N–H and O–H groups in total. The van der Waals surface area contributed by atoms with Crippen LogP contribution in [0.1, 0.15) is 42.0 Å². The molecule has 0 saturated heterocycles. The number of aliphatic carboxylic acids is 1. The molecule has 1 aliphatic carbocycles. The number of hydrogen-bond acceptors (Lipinski definition) is 7. The monoisotopic (exact) mass is 580 g/mol. The lowest BCUT2D eigenvalue weighted by atomic mass is 10.1. The summed E-state index contributed by atoms with van der Waals surface area (Å²) < 4.78 is 38.9. The summed E-state index contributed by atoms with van der Waals surface area (Å²) in [5.41, 5.74) is 0.112. The Morgan fingerprint density at radius 1 is 1.07 bits per heavy atom. The Hall–Kier alpha value is -4.16. The lowest BCUT2D eigenvalue weighted by Crippen LogP contribution is -2.19. The van der Waals surface area contributed by atoms with E-state index in [0.717, 1.165) is 36.7 Å². The fourth-order valence-electron chi connectivity index (χ4n) is 4.53. The van der Waals surface area contributed by atoms with Gasteiger partial charge in [0.05, 0.1) is 0 Å². The van der Waals surface area contributed by atoms with Crippen molar-refractivity contribution in [2.24, 2.45) is 0 Å². The van der Waals surface area contributed by atoms with Crippen molar-refractivity contribution in [3.8, 4) is 16.1 Å². The molecular weight excluding hydrogens is 558 g/mol. The Kier molecular flexibility index (Phi) is 6.38. The molecule has 1 atom stereocenters. The van der Waals surface area contributed by atoms with Crippen LogP contribution < -0.4 is 5.32 Å². The first kappa shape index (κ1) is 26.1. The number of nitrogens with one attached hydrogen (secondary N) is 1. The second-order valence-corrected chi connectivity index (χ2v) is 11.8. The highest BCUT2D eigenvalue weighted by Crippen LogP contribution is 2.53. The van der Waals surface area contributed by atoms with Gasteiger partial charge in [0, 0.05) is 30.8 Å². The summed E-state index contributed by atoms with van der Waals surface area (Å²) in [6.45, 7) is 3.29. The lowest BCUT2D eigenvalue weighted by molar-refractivity contribution is -0.139. The average Bonchev–Trinajstić information content (AvgIpc) is 3.34. The van der Waals surface area contributed by atoms with Gasteiger partial charge in [-0.3, -0.25) is 10.1 Å². The van der Waals surface area contributed by atoms with Crippen LogP contribution in [0, 0.1) is 18.6 Å². The molecule has 40 heavy (non-hydrogen) atoms. The van der Waals surface area contributed by atoms with E-state index in [4.69, 9.17) is 4.74 Å². The Balaban J connectivity index is 1.26. The van der Waals surface area contributed by atoms with Crippen molar-refractivity contribution in [1.29, 1.82) is 0 Å². The van der Waals surface area contributed by atoms with Gasteiger partial charge in [0.25, 0.3) is 0 Å². The normalized spacial score (nSPS) is 14.7. The topological polar surface area (TPSA) is 106 Å². The van der Waals surface area contributed by atoms with Gasteiger partial charge in [0.2, 0.25) is 0 Å². The molecule has 2 aromatic carbocycles. The van der Waals surface area contributed by atoms with Crippen molar-refractivity contribution < 1.29 is 28.2 Å². The molecule has 12 heteroatoms. The van der Waals surface area contributed by atoms with Crippen molar-refractivity contribution in [3.63, 3.8) is 0 Å². The number of carbonyl (C=O) groups excluding carboxylic acids is 1. The SMILES string of the molecule is Cc1nnn(-c2cc(F)c(-c3cc4sc(C5(C(=O)O)CC5)cc4s3)cc2F)c1NC(=O)OC(C)c1ccccc1. The first-order valence-corrected chi connectivity index (χ1v) is 14.0. The predicted molar refractivity (Wildman–Crippen MR) is 148 cm³/mol. The summed E-state index contributed by atoms with van der Waals surface area (Å²) in [7, 11) is 0. The second-order valence-electron chi connectivity index (χ2n) is 9.64. The van der Waals surface area contributed by atoms with Crippen LogP contribution in [0.25, 0.3) is 25.5 Å². The quantitative estimate of drug-likeness (QED) is 0.211. The third kappa shape index (κ3) is 4.52. The number of rotatable bonds is 7. The maximum atomic E-state index is 15.4. The van der Waals surface area contributed by atoms with Crippen molar-refractivity contribution >= 4 is 50.0 Å². The van der Waals surface area contributed by atoms with Crippen LogP contribution in [-0.4, -0.2) is 32.2 Å². The van der Waals surface area contributed by atoms with Gasteiger partial charge in [-0.2, -0.15) is 4.68 Å². The van der Waals surface area contributed by atoms with Crippen LogP contribution in [0.15, 0.2) is 54.6 Å². The number of carboxylic acids is 1. The number of halogens is 2. The maximum Gasteiger partial charge on any atom is 0.413 e. The highest BCUT2D eigenvalue weighted by Gasteiger charge is 2.53. The minimum Gasteiger partial charge on any atom is -0.481 e. The Labute approximate surface area is 234 Å². The Bertz CT molecular complexity index is 1740. The minimum absolute atomic E-state index is 0.0490. The molecule has 204 valence electrons. The number of benzene rings is 2. The molecule has 0 spiro atoms. The number of nitrogens with zero attached hydrogens (tertiary/aromatic N) is 3. The van der Waals surface area contributed by atoms with Gasteiger partial charge < -0.3 is 9.84 Å². The van der Waals surface area contributed by atoms with Crippen LogP contribution in [0.3, 0.4) is 0 Å². The highest BCUT2D eigenvalue weighted by atomic mass is 32.1. The fraction of sp³-hybridized carbons (Fsp3) is 0.214. The van der Waals surface area contributed by atoms with E-state index in [0.29, 0.717) is 17.7 Å². The van der Waals surface area contributed by atoms with E-state index < -0.39 is 35.2 Å². The standard InChI is InChI=1S/C28H22F2N4O4S2/c1-14-25(31-27(37)38-15(2)16-6-4-3-5-7-16)34(33-32-14)20-11-18(29)17(10-19(20)30)21-12-22-23(39-21)13-24(40-22)28(8-9-28)26(35)36/h3-7,10-13,15H,8-9H2,1-2H3,(H,31,37)(H,35,36). The first-order chi connectivity index (χ1) is 19.2. The van der Waals surface area contributed by atoms with E-state index >= 15 is 8.78 Å². The molecule has 1 fully saturated rings. The molecule has 1 saturated carbocycles. The summed E-state index contributed by atoms with van der Waals surface area (Å²) in [5.74, 6) is -2.24. The zero-order valence-electron chi connectivity index (χ0n) is 21.3. The first-order valence-electron chi connectivity index (χ1n) is 12.4. The van der Waals surface area contributed by atoms with Crippen LogP contribution in [-0.2, 0) is 14.9 Å². The molecule has 3 heterocycles. The number of aromatic nitrogens is 3. The van der Waals surface area contributed by atoms with Gasteiger partial charge in [0.15, 0.2) is 5.82 Å². The largest absolute Gasteiger partial charge is 0.481 e. The van der Waals surface area contributed by atoms with E-state index in [1.165, 1.54) is 22.7 Å². The lowest BCUT2D eigenvalue weighted by Gasteiger charge is -2.15. The summed E-state index contributed by atoms with van der Waals surface area (Å²) in [4.78, 5) is 25.6. The molecule has 5 aromatic rings. The number of carbonyl (C=O) groups is 2. The second kappa shape index (κ2) is 9.79. The van der Waals surface area contributed by atoms with Gasteiger partial charge in [-0.1, -0.05) is 35.5 Å². The van der Waals surface area contributed by atoms with Gasteiger partial charge >= 0.3 is 12.1 Å². The molecule has 0 bridgehead atoms. The van der Waals surface area contributed by atoms with E-state index in [9.17, 15) is 14.7 Å². The van der Waals surface area contributed by atoms with Crippen molar-refractivity contribution in [3.05, 3.63) is 82.4 Å². The third-order valence-corrected chi connectivity index (χ3v) is 9.51. The molecule has 8 nitrogen and oxygen atoms in total. The molecule has 0 aliphatic heterocycles. The summed E-state index contributed by atoms with van der Waals surface area (Å²) in [5, 5.41) is 19.9. The molecule has 3 aromatic heterocycles. The zero-order chi connectivity index (χ0) is 28.2. The number of anilines is 1. The van der Waals surface area contributed by atoms with E-state index in [1.54, 1.807) is 19.9 Å². The number of hydrogen-bond donors (Lipinski definition) is 2. The van der Waals surface area contributed by atoms with E-state index in [1.807, 2.05) is 36.4 Å². The average molecular weight is 581 g/mol. The third-order valence-electron chi connectivity index (χ3n) is 6.98. The van der Waals surface area contributed by atoms with Gasteiger partial charge in [0.1, 0.15) is 34.5 Å². The van der Waals surface area contributed by atoms with E-state index in [-0.39, 0.29) is 22.8 Å². The molecule has 1 amide bonds.